The highest BCUT2D eigenvalue weighted by molar-refractivity contribution is 6.40. The lowest BCUT2D eigenvalue weighted by Crippen LogP contribution is -2.14. The van der Waals surface area contributed by atoms with E-state index in [0.717, 1.165) is 16.7 Å². The number of carbonyl (C=O) groups is 3. The molecule has 7 rings (SSSR count). The number of carbonyl (C=O) groups excluding carboxylic acids is 3. The van der Waals surface area contributed by atoms with Gasteiger partial charge in [-0.05, 0) is 101 Å². The predicted molar refractivity (Wildman–Crippen MR) is 253 cm³/mol. The Balaban J connectivity index is 1.05. The topological polar surface area (TPSA) is 103 Å². The van der Waals surface area contributed by atoms with Crippen molar-refractivity contribution in [2.24, 2.45) is 0 Å². The molecule has 0 saturated carbocycles. The lowest BCUT2D eigenvalue weighted by Gasteiger charge is -2.14. The van der Waals surface area contributed by atoms with E-state index >= 15 is 0 Å². The molecular formula is C51H38Cl4N2O6. The Bertz CT molecular complexity index is 2790. The Morgan fingerprint density at radius 2 is 0.841 bits per heavy atom. The first-order valence-corrected chi connectivity index (χ1v) is 21.2. The third-order valence-corrected chi connectivity index (χ3v) is 11.0. The van der Waals surface area contributed by atoms with Crippen LogP contribution in [0.4, 0.5) is 22.7 Å². The Hall–Kier alpha value is -6.55. The second-order valence-corrected chi connectivity index (χ2v) is 15.9. The summed E-state index contributed by atoms with van der Waals surface area (Å²) in [5.74, 6) is -0.755. The third-order valence-electron chi connectivity index (χ3n) is 9.69. The van der Waals surface area contributed by atoms with Crippen molar-refractivity contribution in [2.45, 2.75) is 26.2 Å². The number of halogens is 4. The van der Waals surface area contributed by atoms with E-state index in [2.05, 4.69) is 10.6 Å². The fraction of sp³-hybridized carbons (Fsp3) is 0.0784. The SMILES string of the molecule is Cc1ccccc1CC(=O)Oc1cc(/C=C/c2ccc(OC(=O)Cc3ccccc3Nc3c(Cl)cccc3Cl)cc2)cc(OC(=O)Cc2ccccc2Nc2c(Cl)cccc2Cl)c1. The average Bonchev–Trinajstić information content (AvgIpc) is 3.25. The van der Waals surface area contributed by atoms with Crippen LogP contribution in [0.5, 0.6) is 17.2 Å². The van der Waals surface area contributed by atoms with Gasteiger partial charge in [-0.2, -0.15) is 0 Å². The second-order valence-electron chi connectivity index (χ2n) is 14.3. The van der Waals surface area contributed by atoms with Crippen molar-refractivity contribution in [2.75, 3.05) is 10.6 Å². The zero-order valence-electron chi connectivity index (χ0n) is 33.7. The zero-order valence-corrected chi connectivity index (χ0v) is 36.7. The zero-order chi connectivity index (χ0) is 44.3. The quantitative estimate of drug-likeness (QED) is 0.0596. The number of benzene rings is 7. The smallest absolute Gasteiger partial charge is 0.315 e. The first-order chi connectivity index (χ1) is 30.5. The molecule has 0 aliphatic heterocycles. The molecule has 0 saturated heterocycles. The molecular weight excluding hydrogens is 878 g/mol. The standard InChI is InChI=1S/C51H38Cl4N2O6/c1-32-10-2-3-11-35(32)28-47(58)62-39-26-34(27-40(31-39)63-49(60)30-37-13-5-7-19-46(37)57-51-43(54)16-9-17-44(51)55)21-20-33-22-24-38(25-23-33)61-48(59)29-36-12-4-6-18-45(36)56-50-41(52)14-8-15-42(50)53/h2-27,31,56-57H,28-30H2,1H3/b21-20+. The molecule has 0 aromatic heterocycles. The van der Waals surface area contributed by atoms with Crippen LogP contribution in [0.1, 0.15) is 33.4 Å². The molecule has 8 nitrogen and oxygen atoms in total. The molecule has 316 valence electrons. The molecule has 0 unspecified atom stereocenters. The molecule has 0 atom stereocenters. The summed E-state index contributed by atoms with van der Waals surface area (Å²) >= 11 is 25.5. The van der Waals surface area contributed by atoms with Gasteiger partial charge >= 0.3 is 17.9 Å². The number of ether oxygens (including phenoxy) is 3. The predicted octanol–water partition coefficient (Wildman–Crippen LogP) is 13.7. The Morgan fingerprint density at radius 3 is 1.32 bits per heavy atom. The molecule has 0 heterocycles. The summed E-state index contributed by atoms with van der Waals surface area (Å²) < 4.78 is 17.3. The number of aryl methyl sites for hydroxylation is 1. The van der Waals surface area contributed by atoms with Gasteiger partial charge in [0.1, 0.15) is 17.2 Å². The molecule has 12 heteroatoms. The lowest BCUT2D eigenvalue weighted by atomic mass is 10.1. The van der Waals surface area contributed by atoms with Crippen LogP contribution < -0.4 is 24.8 Å². The van der Waals surface area contributed by atoms with E-state index in [-0.39, 0.29) is 30.8 Å². The van der Waals surface area contributed by atoms with Crippen LogP contribution in [0.15, 0.2) is 152 Å². The molecule has 0 spiro atoms. The van der Waals surface area contributed by atoms with Crippen LogP contribution >= 0.6 is 46.4 Å². The maximum atomic E-state index is 13.5. The Labute approximate surface area is 385 Å². The van der Waals surface area contributed by atoms with E-state index < -0.39 is 17.9 Å². The van der Waals surface area contributed by atoms with E-state index in [1.165, 1.54) is 6.07 Å². The number of hydrogen-bond acceptors (Lipinski definition) is 8. The van der Waals surface area contributed by atoms with E-state index in [4.69, 9.17) is 60.6 Å². The van der Waals surface area contributed by atoms with Crippen molar-refractivity contribution in [1.82, 2.24) is 0 Å². The Kier molecular flexibility index (Phi) is 14.8. The summed E-state index contributed by atoms with van der Waals surface area (Å²) in [5, 5.41) is 8.23. The van der Waals surface area contributed by atoms with Gasteiger partial charge in [-0.3, -0.25) is 14.4 Å². The van der Waals surface area contributed by atoms with Gasteiger partial charge in [0.05, 0.1) is 50.7 Å². The summed E-state index contributed by atoms with van der Waals surface area (Å²) in [6.45, 7) is 1.93. The van der Waals surface area contributed by atoms with Gasteiger partial charge in [-0.25, -0.2) is 0 Å². The number of hydrogen-bond donors (Lipinski definition) is 2. The molecule has 0 aliphatic rings. The van der Waals surface area contributed by atoms with Crippen LogP contribution in [-0.2, 0) is 33.6 Å². The van der Waals surface area contributed by atoms with Crippen LogP contribution in [0.25, 0.3) is 12.2 Å². The fourth-order valence-corrected chi connectivity index (χ4v) is 7.51. The number of nitrogens with one attached hydrogen (secondary N) is 2. The van der Waals surface area contributed by atoms with Crippen molar-refractivity contribution in [3.63, 3.8) is 0 Å². The summed E-state index contributed by atoms with van der Waals surface area (Å²) in [7, 11) is 0. The second kappa shape index (κ2) is 21.0. The van der Waals surface area contributed by atoms with Gasteiger partial charge in [-0.1, -0.05) is 143 Å². The van der Waals surface area contributed by atoms with Crippen LogP contribution in [0.3, 0.4) is 0 Å². The normalized spacial score (nSPS) is 10.9. The highest BCUT2D eigenvalue weighted by atomic mass is 35.5. The maximum Gasteiger partial charge on any atom is 0.315 e. The van der Waals surface area contributed by atoms with Crippen molar-refractivity contribution >= 4 is 99.2 Å². The Morgan fingerprint density at radius 1 is 0.444 bits per heavy atom. The molecule has 63 heavy (non-hydrogen) atoms. The monoisotopic (exact) mass is 914 g/mol. The van der Waals surface area contributed by atoms with Gasteiger partial charge < -0.3 is 24.8 Å². The third kappa shape index (κ3) is 12.3. The number of anilines is 4. The fourth-order valence-electron chi connectivity index (χ4n) is 6.52. The molecule has 2 N–H and O–H groups in total. The minimum atomic E-state index is -0.553. The summed E-state index contributed by atoms with van der Waals surface area (Å²) in [6.07, 6.45) is 3.57. The van der Waals surface area contributed by atoms with Crippen LogP contribution in [-0.4, -0.2) is 17.9 Å². The van der Waals surface area contributed by atoms with E-state index in [1.807, 2.05) is 79.7 Å². The summed E-state index contributed by atoms with van der Waals surface area (Å²) in [4.78, 5) is 39.7. The van der Waals surface area contributed by atoms with Gasteiger partial charge in [-0.15, -0.1) is 0 Å². The van der Waals surface area contributed by atoms with Crippen LogP contribution in [0, 0.1) is 6.92 Å². The average molecular weight is 917 g/mol. The van der Waals surface area contributed by atoms with E-state index in [1.54, 1.807) is 84.9 Å². The van der Waals surface area contributed by atoms with Crippen molar-refractivity contribution in [3.05, 3.63) is 205 Å². The van der Waals surface area contributed by atoms with E-state index in [9.17, 15) is 14.4 Å². The van der Waals surface area contributed by atoms with Gasteiger partial charge in [0, 0.05) is 17.4 Å². The molecule has 0 bridgehead atoms. The molecule has 0 aliphatic carbocycles. The number of esters is 3. The number of para-hydroxylation sites is 4. The van der Waals surface area contributed by atoms with E-state index in [0.29, 0.717) is 65.3 Å². The van der Waals surface area contributed by atoms with Crippen LogP contribution in [0.2, 0.25) is 20.1 Å². The highest BCUT2D eigenvalue weighted by Gasteiger charge is 2.17. The minimum absolute atomic E-state index is 0.00743. The van der Waals surface area contributed by atoms with Gasteiger partial charge in [0.2, 0.25) is 0 Å². The maximum absolute atomic E-state index is 13.5. The van der Waals surface area contributed by atoms with Crippen molar-refractivity contribution in [1.29, 1.82) is 0 Å². The van der Waals surface area contributed by atoms with Crippen molar-refractivity contribution in [3.8, 4) is 17.2 Å². The number of rotatable bonds is 15. The highest BCUT2D eigenvalue weighted by Crippen LogP contribution is 2.35. The van der Waals surface area contributed by atoms with Gasteiger partial charge in [0.25, 0.3) is 0 Å². The lowest BCUT2D eigenvalue weighted by molar-refractivity contribution is -0.134. The molecule has 0 radical (unpaired) electrons. The van der Waals surface area contributed by atoms with Gasteiger partial charge in [0.15, 0.2) is 0 Å². The summed E-state index contributed by atoms with van der Waals surface area (Å²) in [6, 6.07) is 44.4. The first kappa shape index (κ1) is 44.5. The largest absolute Gasteiger partial charge is 0.426 e. The minimum Gasteiger partial charge on any atom is -0.426 e. The molecule has 0 fully saturated rings. The summed E-state index contributed by atoms with van der Waals surface area (Å²) in [5.41, 5.74) is 6.88. The first-order valence-electron chi connectivity index (χ1n) is 19.6. The molecule has 7 aromatic rings. The molecule has 0 amide bonds. The van der Waals surface area contributed by atoms with Crippen molar-refractivity contribution < 1.29 is 28.6 Å². The molecule has 7 aromatic carbocycles.